The minimum absolute atomic E-state index is 0.0690. The van der Waals surface area contributed by atoms with Crippen LogP contribution in [-0.2, 0) is 23.2 Å². The summed E-state index contributed by atoms with van der Waals surface area (Å²) in [4.78, 5) is 27.8. The van der Waals surface area contributed by atoms with Gasteiger partial charge in [-0.15, -0.1) is 0 Å². The number of carbonyl (C=O) groups is 2. The molecule has 28 heavy (non-hydrogen) atoms. The maximum atomic E-state index is 12.6. The van der Waals surface area contributed by atoms with Gasteiger partial charge < -0.3 is 9.80 Å². The van der Waals surface area contributed by atoms with E-state index in [9.17, 15) is 9.59 Å². The molecule has 0 aliphatic heterocycles. The van der Waals surface area contributed by atoms with Gasteiger partial charge in [-0.3, -0.25) is 14.3 Å². The molecule has 0 unspecified atom stereocenters. The van der Waals surface area contributed by atoms with Crippen LogP contribution < -0.4 is 0 Å². The molecule has 156 valence electrons. The van der Waals surface area contributed by atoms with Crippen molar-refractivity contribution in [2.24, 2.45) is 18.9 Å². The molecule has 2 aliphatic carbocycles. The van der Waals surface area contributed by atoms with E-state index >= 15 is 0 Å². The summed E-state index contributed by atoms with van der Waals surface area (Å²) in [6, 6.07) is 2.17. The molecule has 6 nitrogen and oxygen atoms in total. The Kier molecular flexibility index (Phi) is 6.78. The molecule has 1 aromatic rings. The van der Waals surface area contributed by atoms with E-state index in [1.807, 2.05) is 30.7 Å². The van der Waals surface area contributed by atoms with E-state index in [2.05, 4.69) is 6.07 Å². The fourth-order valence-electron chi connectivity index (χ4n) is 4.83. The van der Waals surface area contributed by atoms with Crippen LogP contribution in [0.1, 0.15) is 75.6 Å². The van der Waals surface area contributed by atoms with Crippen LogP contribution in [0.2, 0.25) is 0 Å². The Hall–Kier alpha value is -1.85. The van der Waals surface area contributed by atoms with Crippen LogP contribution in [0.25, 0.3) is 0 Å². The van der Waals surface area contributed by atoms with Crippen molar-refractivity contribution in [3.05, 3.63) is 17.5 Å². The Balaban J connectivity index is 1.50. The molecule has 6 heteroatoms. The quantitative estimate of drug-likeness (QED) is 0.751. The third-order valence-corrected chi connectivity index (χ3v) is 6.81. The molecular formula is C22H36N4O2. The summed E-state index contributed by atoms with van der Waals surface area (Å²) in [5.74, 6) is 1.82. The zero-order valence-electron chi connectivity index (χ0n) is 18.0. The molecule has 0 radical (unpaired) electrons. The summed E-state index contributed by atoms with van der Waals surface area (Å²) in [6.45, 7) is 3.09. The van der Waals surface area contributed by atoms with Gasteiger partial charge in [0.05, 0.1) is 17.9 Å². The third kappa shape index (κ3) is 4.95. The average molecular weight is 389 g/mol. The lowest BCUT2D eigenvalue weighted by atomic mass is 9.80. The molecule has 1 aromatic heterocycles. The summed E-state index contributed by atoms with van der Waals surface area (Å²) in [6.07, 6.45) is 9.17. The fraction of sp³-hybridized carbons (Fsp3) is 0.773. The standard InChI is InChI=1S/C22H36N4O2/c1-16(27)24(2)15-20-13-21(23-26(20)4)18-11-9-17(10-12-18)14-25(3)22(28)19-7-5-6-8-19/h13,17-19H,5-12,14-15H2,1-4H3. The predicted octanol–water partition coefficient (Wildman–Crippen LogP) is 3.32. The van der Waals surface area contributed by atoms with Crippen molar-refractivity contribution in [3.8, 4) is 0 Å². The van der Waals surface area contributed by atoms with Gasteiger partial charge in [-0.25, -0.2) is 0 Å². The number of nitrogens with zero attached hydrogens (tertiary/aromatic N) is 4. The third-order valence-electron chi connectivity index (χ3n) is 6.81. The summed E-state index contributed by atoms with van der Waals surface area (Å²) < 4.78 is 1.91. The minimum atomic E-state index is 0.0690. The van der Waals surface area contributed by atoms with Gasteiger partial charge in [0.25, 0.3) is 0 Å². The van der Waals surface area contributed by atoms with E-state index in [0.29, 0.717) is 24.3 Å². The van der Waals surface area contributed by atoms with Crippen LogP contribution in [0.3, 0.4) is 0 Å². The second kappa shape index (κ2) is 9.10. The normalized spacial score (nSPS) is 23.0. The van der Waals surface area contributed by atoms with Crippen LogP contribution in [0.15, 0.2) is 6.07 Å². The van der Waals surface area contributed by atoms with Gasteiger partial charge >= 0.3 is 0 Å². The monoisotopic (exact) mass is 388 g/mol. The van der Waals surface area contributed by atoms with E-state index in [0.717, 1.165) is 56.5 Å². The van der Waals surface area contributed by atoms with Crippen LogP contribution in [0.5, 0.6) is 0 Å². The average Bonchev–Trinajstić information content (AvgIpc) is 3.32. The summed E-state index contributed by atoms with van der Waals surface area (Å²) in [5.41, 5.74) is 2.24. The van der Waals surface area contributed by atoms with Crippen molar-refractivity contribution in [1.29, 1.82) is 0 Å². The lowest BCUT2D eigenvalue weighted by molar-refractivity contribution is -0.134. The summed E-state index contributed by atoms with van der Waals surface area (Å²) in [7, 11) is 5.77. The van der Waals surface area contributed by atoms with Gasteiger partial charge in [-0.1, -0.05) is 12.8 Å². The molecule has 3 rings (SSSR count). The highest BCUT2D eigenvalue weighted by molar-refractivity contribution is 5.78. The van der Waals surface area contributed by atoms with Crippen molar-refractivity contribution < 1.29 is 9.59 Å². The fourth-order valence-corrected chi connectivity index (χ4v) is 4.83. The SMILES string of the molecule is CC(=O)N(C)Cc1cc(C2CCC(CN(C)C(=O)C3CCCC3)CC2)nn1C. The highest BCUT2D eigenvalue weighted by atomic mass is 16.2. The predicted molar refractivity (Wildman–Crippen MR) is 110 cm³/mol. The zero-order chi connectivity index (χ0) is 20.3. The van der Waals surface area contributed by atoms with Gasteiger partial charge in [0, 0.05) is 46.4 Å². The Bertz CT molecular complexity index is 685. The number of aromatic nitrogens is 2. The molecule has 2 saturated carbocycles. The smallest absolute Gasteiger partial charge is 0.225 e. The van der Waals surface area contributed by atoms with Crippen molar-refractivity contribution >= 4 is 11.8 Å². The van der Waals surface area contributed by atoms with Crippen molar-refractivity contribution in [3.63, 3.8) is 0 Å². The number of hydrogen-bond acceptors (Lipinski definition) is 3. The largest absolute Gasteiger partial charge is 0.345 e. The highest BCUT2D eigenvalue weighted by Crippen LogP contribution is 2.36. The van der Waals surface area contributed by atoms with Crippen LogP contribution >= 0.6 is 0 Å². The summed E-state index contributed by atoms with van der Waals surface area (Å²) in [5, 5.41) is 4.73. The van der Waals surface area contributed by atoms with E-state index < -0.39 is 0 Å². The van der Waals surface area contributed by atoms with Gasteiger partial charge in [0.15, 0.2) is 0 Å². The Morgan fingerprint density at radius 1 is 1.07 bits per heavy atom. The Morgan fingerprint density at radius 3 is 2.32 bits per heavy atom. The molecule has 0 saturated heterocycles. The molecule has 0 atom stereocenters. The first-order valence-electron chi connectivity index (χ1n) is 10.8. The second-order valence-electron chi connectivity index (χ2n) is 8.98. The molecule has 1 heterocycles. The van der Waals surface area contributed by atoms with E-state index in [1.165, 1.54) is 12.8 Å². The molecular weight excluding hydrogens is 352 g/mol. The lowest BCUT2D eigenvalue weighted by Crippen LogP contribution is -2.36. The number of aryl methyl sites for hydroxylation is 1. The minimum Gasteiger partial charge on any atom is -0.345 e. The first-order valence-corrected chi connectivity index (χ1v) is 10.8. The number of carbonyl (C=O) groups excluding carboxylic acids is 2. The van der Waals surface area contributed by atoms with Crippen molar-refractivity contribution in [1.82, 2.24) is 19.6 Å². The molecule has 2 aliphatic rings. The Labute approximate surface area is 169 Å². The molecule has 2 fully saturated rings. The maximum absolute atomic E-state index is 12.6. The summed E-state index contributed by atoms with van der Waals surface area (Å²) >= 11 is 0. The van der Waals surface area contributed by atoms with Crippen molar-refractivity contribution in [2.75, 3.05) is 20.6 Å². The topological polar surface area (TPSA) is 58.4 Å². The molecule has 0 bridgehead atoms. The van der Waals surface area contributed by atoms with Crippen LogP contribution in [0.4, 0.5) is 0 Å². The highest BCUT2D eigenvalue weighted by Gasteiger charge is 2.29. The van der Waals surface area contributed by atoms with E-state index in [-0.39, 0.29) is 11.8 Å². The Morgan fingerprint density at radius 2 is 1.71 bits per heavy atom. The number of hydrogen-bond donors (Lipinski definition) is 0. The lowest BCUT2D eigenvalue weighted by Gasteiger charge is -2.31. The number of amides is 2. The van der Waals surface area contributed by atoms with Gasteiger partial charge in [0.2, 0.25) is 11.8 Å². The molecule has 0 N–H and O–H groups in total. The molecule has 0 aromatic carbocycles. The van der Waals surface area contributed by atoms with Gasteiger partial charge in [0.1, 0.15) is 0 Å². The van der Waals surface area contributed by atoms with E-state index in [4.69, 9.17) is 5.10 Å². The zero-order valence-corrected chi connectivity index (χ0v) is 18.0. The van der Waals surface area contributed by atoms with Gasteiger partial charge in [-0.2, -0.15) is 5.10 Å². The van der Waals surface area contributed by atoms with Crippen LogP contribution in [0, 0.1) is 11.8 Å². The first-order chi connectivity index (χ1) is 13.3. The second-order valence-corrected chi connectivity index (χ2v) is 8.98. The maximum Gasteiger partial charge on any atom is 0.225 e. The molecule has 0 spiro atoms. The van der Waals surface area contributed by atoms with Crippen molar-refractivity contribution in [2.45, 2.75) is 70.8 Å². The first kappa shape index (κ1) is 20.9. The van der Waals surface area contributed by atoms with E-state index in [1.54, 1.807) is 11.8 Å². The number of rotatable bonds is 6. The van der Waals surface area contributed by atoms with Gasteiger partial charge in [-0.05, 0) is 50.5 Å². The van der Waals surface area contributed by atoms with Crippen LogP contribution in [-0.4, -0.2) is 52.0 Å². The molecule has 2 amide bonds.